The van der Waals surface area contributed by atoms with Crippen LogP contribution < -0.4 is 4.74 Å². The average molecular weight is 203 g/mol. The first-order chi connectivity index (χ1) is 7.25. The van der Waals surface area contributed by atoms with Gasteiger partial charge in [-0.05, 0) is 24.3 Å². The molecule has 2 N–H and O–H groups in total. The molecule has 0 aliphatic rings. The second-order valence-corrected chi connectivity index (χ2v) is 2.94. The molecule has 0 amide bonds. The van der Waals surface area contributed by atoms with Crippen LogP contribution in [-0.4, -0.2) is 15.2 Å². The van der Waals surface area contributed by atoms with Crippen molar-refractivity contribution in [2.24, 2.45) is 0 Å². The van der Waals surface area contributed by atoms with E-state index in [0.29, 0.717) is 11.5 Å². The van der Waals surface area contributed by atoms with Crippen molar-refractivity contribution in [1.29, 1.82) is 0 Å². The summed E-state index contributed by atoms with van der Waals surface area (Å²) in [5.41, 5.74) is 0. The van der Waals surface area contributed by atoms with Gasteiger partial charge in [-0.3, -0.25) is 4.98 Å². The Balaban J connectivity index is 2.22. The van der Waals surface area contributed by atoms with E-state index >= 15 is 0 Å². The van der Waals surface area contributed by atoms with E-state index in [1.165, 1.54) is 12.1 Å². The number of benzene rings is 1. The second kappa shape index (κ2) is 3.88. The van der Waals surface area contributed by atoms with Gasteiger partial charge in [0.25, 0.3) is 0 Å². The first-order valence-corrected chi connectivity index (χ1v) is 4.35. The highest BCUT2D eigenvalue weighted by molar-refractivity contribution is 5.44. The first kappa shape index (κ1) is 9.33. The van der Waals surface area contributed by atoms with Crippen LogP contribution in [0.4, 0.5) is 0 Å². The zero-order valence-corrected chi connectivity index (χ0v) is 7.79. The molecule has 0 aliphatic heterocycles. The van der Waals surface area contributed by atoms with Gasteiger partial charge in [-0.15, -0.1) is 0 Å². The summed E-state index contributed by atoms with van der Waals surface area (Å²) in [4.78, 5) is 3.88. The third-order valence-electron chi connectivity index (χ3n) is 1.82. The molecule has 15 heavy (non-hydrogen) atoms. The number of rotatable bonds is 2. The van der Waals surface area contributed by atoms with Crippen LogP contribution >= 0.6 is 0 Å². The SMILES string of the molecule is Oc1ccc(Oc2cccnc2)cc1O. The second-order valence-electron chi connectivity index (χ2n) is 2.94. The minimum atomic E-state index is -0.212. The zero-order valence-electron chi connectivity index (χ0n) is 7.79. The maximum atomic E-state index is 9.23. The number of aromatic hydroxyl groups is 2. The number of ether oxygens (including phenoxy) is 1. The van der Waals surface area contributed by atoms with Crippen LogP contribution in [0.15, 0.2) is 42.7 Å². The molecule has 2 aromatic rings. The number of aromatic nitrogens is 1. The third kappa shape index (κ3) is 2.17. The molecule has 0 saturated carbocycles. The number of phenolic OH excluding ortho intramolecular Hbond substituents is 2. The maximum Gasteiger partial charge on any atom is 0.161 e. The summed E-state index contributed by atoms with van der Waals surface area (Å²) in [7, 11) is 0. The van der Waals surface area contributed by atoms with Crippen LogP contribution in [0.3, 0.4) is 0 Å². The Kier molecular flexibility index (Phi) is 2.41. The molecular formula is C11H9NO3. The van der Waals surface area contributed by atoms with Crippen LogP contribution in [0.5, 0.6) is 23.0 Å². The molecule has 4 heteroatoms. The van der Waals surface area contributed by atoms with E-state index in [-0.39, 0.29) is 11.5 Å². The molecule has 0 bridgehead atoms. The van der Waals surface area contributed by atoms with Gasteiger partial charge in [-0.1, -0.05) is 0 Å². The van der Waals surface area contributed by atoms with Crippen molar-refractivity contribution in [2.45, 2.75) is 0 Å². The molecular weight excluding hydrogens is 194 g/mol. The van der Waals surface area contributed by atoms with Crippen LogP contribution in [-0.2, 0) is 0 Å². The molecule has 0 aliphatic carbocycles. The zero-order chi connectivity index (χ0) is 10.7. The summed E-state index contributed by atoms with van der Waals surface area (Å²) in [6, 6.07) is 7.75. The fraction of sp³-hybridized carbons (Fsp3) is 0. The molecule has 2 rings (SSSR count). The van der Waals surface area contributed by atoms with Crippen molar-refractivity contribution in [3.05, 3.63) is 42.7 Å². The highest BCUT2D eigenvalue weighted by Crippen LogP contribution is 2.30. The summed E-state index contributed by atoms with van der Waals surface area (Å²) in [6.45, 7) is 0. The largest absolute Gasteiger partial charge is 0.504 e. The van der Waals surface area contributed by atoms with Gasteiger partial charge in [0.05, 0.1) is 6.20 Å². The summed E-state index contributed by atoms with van der Waals surface area (Å²) < 4.78 is 5.38. The van der Waals surface area contributed by atoms with Crippen molar-refractivity contribution in [3.63, 3.8) is 0 Å². The third-order valence-corrected chi connectivity index (χ3v) is 1.82. The molecule has 0 spiro atoms. The van der Waals surface area contributed by atoms with Crippen molar-refractivity contribution < 1.29 is 14.9 Å². The number of hydrogen-bond acceptors (Lipinski definition) is 4. The summed E-state index contributed by atoms with van der Waals surface area (Å²) >= 11 is 0. The predicted octanol–water partition coefficient (Wildman–Crippen LogP) is 2.29. The fourth-order valence-electron chi connectivity index (χ4n) is 1.11. The number of pyridine rings is 1. The lowest BCUT2D eigenvalue weighted by atomic mass is 10.3. The Bertz CT molecular complexity index is 457. The smallest absolute Gasteiger partial charge is 0.161 e. The van der Waals surface area contributed by atoms with Gasteiger partial charge in [0.1, 0.15) is 11.5 Å². The molecule has 1 aromatic carbocycles. The van der Waals surface area contributed by atoms with E-state index in [9.17, 15) is 5.11 Å². The molecule has 0 fully saturated rings. The summed E-state index contributed by atoms with van der Waals surface area (Å²) in [5, 5.41) is 18.3. The molecule has 0 saturated heterocycles. The van der Waals surface area contributed by atoms with E-state index in [2.05, 4.69) is 4.98 Å². The van der Waals surface area contributed by atoms with Crippen molar-refractivity contribution in [3.8, 4) is 23.0 Å². The van der Waals surface area contributed by atoms with E-state index in [4.69, 9.17) is 9.84 Å². The molecule has 4 nitrogen and oxygen atoms in total. The van der Waals surface area contributed by atoms with Gasteiger partial charge in [-0.25, -0.2) is 0 Å². The van der Waals surface area contributed by atoms with Crippen LogP contribution in [0.1, 0.15) is 0 Å². The Labute approximate surface area is 86.4 Å². The van der Waals surface area contributed by atoms with Gasteiger partial charge in [-0.2, -0.15) is 0 Å². The van der Waals surface area contributed by atoms with E-state index < -0.39 is 0 Å². The normalized spacial score (nSPS) is 9.87. The Morgan fingerprint density at radius 3 is 2.53 bits per heavy atom. The van der Waals surface area contributed by atoms with Gasteiger partial charge < -0.3 is 14.9 Å². The highest BCUT2D eigenvalue weighted by Gasteiger charge is 2.02. The predicted molar refractivity (Wildman–Crippen MR) is 54.1 cm³/mol. The lowest BCUT2D eigenvalue weighted by molar-refractivity contribution is 0.397. The maximum absolute atomic E-state index is 9.23. The minimum absolute atomic E-state index is 0.173. The number of hydrogen-bond donors (Lipinski definition) is 2. The molecule has 0 unspecified atom stereocenters. The Morgan fingerprint density at radius 1 is 1.00 bits per heavy atom. The standard InChI is InChI=1S/C11H9NO3/c13-10-4-3-8(6-11(10)14)15-9-2-1-5-12-7-9/h1-7,13-14H. The summed E-state index contributed by atoms with van der Waals surface area (Å²) in [5.74, 6) is 0.630. The van der Waals surface area contributed by atoms with Crippen molar-refractivity contribution in [1.82, 2.24) is 4.98 Å². The van der Waals surface area contributed by atoms with Crippen molar-refractivity contribution >= 4 is 0 Å². The lowest BCUT2D eigenvalue weighted by Crippen LogP contribution is -1.84. The first-order valence-electron chi connectivity index (χ1n) is 4.35. The topological polar surface area (TPSA) is 62.6 Å². The number of phenols is 2. The van der Waals surface area contributed by atoms with Gasteiger partial charge in [0.2, 0.25) is 0 Å². The minimum Gasteiger partial charge on any atom is -0.504 e. The van der Waals surface area contributed by atoms with E-state index in [1.54, 1.807) is 30.6 Å². The fourth-order valence-corrected chi connectivity index (χ4v) is 1.11. The van der Waals surface area contributed by atoms with E-state index in [0.717, 1.165) is 0 Å². The van der Waals surface area contributed by atoms with Crippen LogP contribution in [0, 0.1) is 0 Å². The lowest BCUT2D eigenvalue weighted by Gasteiger charge is -2.05. The summed E-state index contributed by atoms with van der Waals surface area (Å²) in [6.07, 6.45) is 3.20. The monoisotopic (exact) mass is 203 g/mol. The Morgan fingerprint density at radius 2 is 1.87 bits per heavy atom. The van der Waals surface area contributed by atoms with Crippen molar-refractivity contribution in [2.75, 3.05) is 0 Å². The average Bonchev–Trinajstić information content (AvgIpc) is 2.25. The molecule has 1 heterocycles. The highest BCUT2D eigenvalue weighted by atomic mass is 16.5. The van der Waals surface area contributed by atoms with Gasteiger partial charge in [0, 0.05) is 12.3 Å². The Hall–Kier alpha value is -2.23. The molecule has 0 atom stereocenters. The van der Waals surface area contributed by atoms with Gasteiger partial charge in [0.15, 0.2) is 11.5 Å². The van der Waals surface area contributed by atoms with E-state index in [1.807, 2.05) is 0 Å². The quantitative estimate of drug-likeness (QED) is 0.735. The molecule has 1 aromatic heterocycles. The molecule has 76 valence electrons. The molecule has 0 radical (unpaired) electrons. The number of nitrogens with zero attached hydrogens (tertiary/aromatic N) is 1. The van der Waals surface area contributed by atoms with Crippen LogP contribution in [0.2, 0.25) is 0 Å². The van der Waals surface area contributed by atoms with Crippen LogP contribution in [0.25, 0.3) is 0 Å². The van der Waals surface area contributed by atoms with Gasteiger partial charge >= 0.3 is 0 Å².